The molecule has 0 saturated carbocycles. The lowest BCUT2D eigenvalue weighted by atomic mass is 10.1. The fraction of sp³-hybridized carbons (Fsp3) is 0.167. The summed E-state index contributed by atoms with van der Waals surface area (Å²) in [6.45, 7) is 0. The van der Waals surface area contributed by atoms with Gasteiger partial charge in [0.15, 0.2) is 0 Å². The van der Waals surface area contributed by atoms with Crippen LogP contribution >= 0.6 is 0 Å². The molecule has 0 radical (unpaired) electrons. The Hall–Kier alpha value is -2.50. The van der Waals surface area contributed by atoms with Crippen molar-refractivity contribution in [1.29, 1.82) is 0 Å². The maximum absolute atomic E-state index is 11.1. The Labute approximate surface area is 101 Å². The van der Waals surface area contributed by atoms with Crippen molar-refractivity contribution in [3.8, 4) is 5.75 Å². The van der Waals surface area contributed by atoms with E-state index < -0.39 is 11.9 Å². The molecule has 1 aromatic heterocycles. The number of rotatable bonds is 4. The fourth-order valence-corrected chi connectivity index (χ4v) is 1.92. The molecule has 0 aliphatic rings. The van der Waals surface area contributed by atoms with Gasteiger partial charge in [0, 0.05) is 17.9 Å². The first kappa shape index (κ1) is 12.0. The summed E-state index contributed by atoms with van der Waals surface area (Å²) in [5.41, 5.74) is 0.893. The molecule has 6 heteroatoms. The zero-order chi connectivity index (χ0) is 13.3. The number of carboxylic acids is 2. The summed E-state index contributed by atoms with van der Waals surface area (Å²) in [6, 6.07) is 4.42. The SMILES string of the molecule is O=C(O)CCc1c(C(=O)O)[nH]c2cc(O)ccc12. The molecule has 0 bridgehead atoms. The van der Waals surface area contributed by atoms with Gasteiger partial charge in [-0.05, 0) is 24.1 Å². The number of aromatic amines is 1. The summed E-state index contributed by atoms with van der Waals surface area (Å²) < 4.78 is 0. The second-order valence-electron chi connectivity index (χ2n) is 3.91. The highest BCUT2D eigenvalue weighted by molar-refractivity contribution is 5.98. The molecule has 6 nitrogen and oxygen atoms in total. The fourth-order valence-electron chi connectivity index (χ4n) is 1.92. The van der Waals surface area contributed by atoms with Crippen LogP contribution in [-0.2, 0) is 11.2 Å². The maximum atomic E-state index is 11.1. The maximum Gasteiger partial charge on any atom is 0.352 e. The molecule has 0 amide bonds. The molecular weight excluding hydrogens is 238 g/mol. The molecule has 0 aliphatic heterocycles. The van der Waals surface area contributed by atoms with Crippen LogP contribution in [-0.4, -0.2) is 32.2 Å². The Bertz CT molecular complexity index is 629. The van der Waals surface area contributed by atoms with Crippen molar-refractivity contribution in [2.24, 2.45) is 0 Å². The van der Waals surface area contributed by atoms with Gasteiger partial charge in [0.05, 0.1) is 5.52 Å². The molecule has 0 unspecified atom stereocenters. The summed E-state index contributed by atoms with van der Waals surface area (Å²) in [6.07, 6.45) is -0.0180. The van der Waals surface area contributed by atoms with E-state index in [1.54, 1.807) is 6.07 Å². The molecule has 2 aromatic rings. The minimum atomic E-state index is -1.15. The standard InChI is InChI=1S/C12H11NO5/c14-6-1-2-7-8(3-4-10(15)16)11(12(17)18)13-9(7)5-6/h1-2,5,13-14H,3-4H2,(H,15,16)(H,17,18). The van der Waals surface area contributed by atoms with Crippen molar-refractivity contribution >= 4 is 22.8 Å². The Morgan fingerprint density at radius 1 is 1.22 bits per heavy atom. The van der Waals surface area contributed by atoms with Crippen LogP contribution < -0.4 is 0 Å². The van der Waals surface area contributed by atoms with E-state index in [2.05, 4.69) is 4.98 Å². The number of phenols is 1. The van der Waals surface area contributed by atoms with E-state index in [0.29, 0.717) is 16.5 Å². The number of H-pyrrole nitrogens is 1. The van der Waals surface area contributed by atoms with Gasteiger partial charge in [-0.25, -0.2) is 4.79 Å². The predicted molar refractivity (Wildman–Crippen MR) is 62.9 cm³/mol. The normalized spacial score (nSPS) is 10.7. The van der Waals surface area contributed by atoms with Gasteiger partial charge in [0.25, 0.3) is 0 Å². The van der Waals surface area contributed by atoms with Crippen LogP contribution in [0.4, 0.5) is 0 Å². The topological polar surface area (TPSA) is 111 Å². The smallest absolute Gasteiger partial charge is 0.352 e. The average Bonchev–Trinajstić information content (AvgIpc) is 2.64. The molecule has 2 rings (SSSR count). The van der Waals surface area contributed by atoms with Crippen molar-refractivity contribution in [1.82, 2.24) is 4.98 Å². The number of carbonyl (C=O) groups is 2. The second-order valence-corrected chi connectivity index (χ2v) is 3.91. The van der Waals surface area contributed by atoms with E-state index >= 15 is 0 Å². The molecular formula is C12H11NO5. The van der Waals surface area contributed by atoms with Gasteiger partial charge >= 0.3 is 11.9 Å². The van der Waals surface area contributed by atoms with Crippen molar-refractivity contribution in [3.05, 3.63) is 29.5 Å². The van der Waals surface area contributed by atoms with E-state index in [1.807, 2.05) is 0 Å². The molecule has 0 spiro atoms. The van der Waals surface area contributed by atoms with E-state index in [9.17, 15) is 14.7 Å². The Morgan fingerprint density at radius 2 is 1.94 bits per heavy atom. The molecule has 0 aliphatic carbocycles. The Kier molecular flexibility index (Phi) is 2.93. The number of carboxylic acid groups (broad SMARTS) is 2. The molecule has 0 atom stereocenters. The second kappa shape index (κ2) is 4.40. The van der Waals surface area contributed by atoms with Gasteiger partial charge in [0.2, 0.25) is 0 Å². The minimum absolute atomic E-state index is 0.0190. The number of aromatic carboxylic acids is 1. The summed E-state index contributed by atoms with van der Waals surface area (Å²) >= 11 is 0. The van der Waals surface area contributed by atoms with Gasteiger partial charge in [0.1, 0.15) is 11.4 Å². The number of aromatic hydroxyl groups is 1. The number of phenolic OH excluding ortho intramolecular Hbond substituents is 1. The minimum Gasteiger partial charge on any atom is -0.508 e. The summed E-state index contributed by atoms with van der Waals surface area (Å²) in [5, 5.41) is 27.7. The van der Waals surface area contributed by atoms with Crippen molar-refractivity contribution in [2.45, 2.75) is 12.8 Å². The number of nitrogens with one attached hydrogen (secondary N) is 1. The van der Waals surface area contributed by atoms with E-state index in [0.717, 1.165) is 0 Å². The highest BCUT2D eigenvalue weighted by Crippen LogP contribution is 2.26. The third-order valence-electron chi connectivity index (χ3n) is 2.69. The molecule has 0 saturated heterocycles. The number of aromatic nitrogens is 1. The molecule has 0 fully saturated rings. The number of hydrogen-bond donors (Lipinski definition) is 4. The van der Waals surface area contributed by atoms with Crippen LogP contribution in [0.15, 0.2) is 18.2 Å². The summed E-state index contributed by atoms with van der Waals surface area (Å²) in [7, 11) is 0. The van der Waals surface area contributed by atoms with Crippen LogP contribution in [0.3, 0.4) is 0 Å². The van der Waals surface area contributed by atoms with Gasteiger partial charge in [-0.1, -0.05) is 0 Å². The van der Waals surface area contributed by atoms with Crippen molar-refractivity contribution in [3.63, 3.8) is 0 Å². The number of aryl methyl sites for hydroxylation is 1. The molecule has 1 heterocycles. The average molecular weight is 249 g/mol. The predicted octanol–water partition coefficient (Wildman–Crippen LogP) is 1.59. The number of aliphatic carboxylic acids is 1. The van der Waals surface area contributed by atoms with Crippen molar-refractivity contribution < 1.29 is 24.9 Å². The largest absolute Gasteiger partial charge is 0.508 e. The summed E-state index contributed by atoms with van der Waals surface area (Å²) in [4.78, 5) is 24.3. The Balaban J connectivity index is 2.55. The number of fused-ring (bicyclic) bond motifs is 1. The monoisotopic (exact) mass is 249 g/mol. The lowest BCUT2D eigenvalue weighted by Gasteiger charge is -1.99. The van der Waals surface area contributed by atoms with E-state index in [1.165, 1.54) is 12.1 Å². The first-order chi connectivity index (χ1) is 8.49. The number of hydrogen-bond acceptors (Lipinski definition) is 3. The quantitative estimate of drug-likeness (QED) is 0.657. The first-order valence-corrected chi connectivity index (χ1v) is 5.27. The zero-order valence-corrected chi connectivity index (χ0v) is 9.30. The molecule has 1 aromatic carbocycles. The first-order valence-electron chi connectivity index (χ1n) is 5.27. The van der Waals surface area contributed by atoms with E-state index in [4.69, 9.17) is 10.2 Å². The molecule has 94 valence electrons. The van der Waals surface area contributed by atoms with Crippen LogP contribution in [0.2, 0.25) is 0 Å². The molecule has 18 heavy (non-hydrogen) atoms. The third kappa shape index (κ3) is 2.13. The van der Waals surface area contributed by atoms with Crippen LogP contribution in [0, 0.1) is 0 Å². The summed E-state index contributed by atoms with van der Waals surface area (Å²) in [5.74, 6) is -2.11. The van der Waals surface area contributed by atoms with Crippen LogP contribution in [0.25, 0.3) is 10.9 Å². The third-order valence-corrected chi connectivity index (χ3v) is 2.69. The van der Waals surface area contributed by atoms with Crippen LogP contribution in [0.5, 0.6) is 5.75 Å². The zero-order valence-electron chi connectivity index (χ0n) is 9.30. The van der Waals surface area contributed by atoms with Gasteiger partial charge in [-0.15, -0.1) is 0 Å². The highest BCUT2D eigenvalue weighted by Gasteiger charge is 2.17. The van der Waals surface area contributed by atoms with Gasteiger partial charge in [-0.3, -0.25) is 4.79 Å². The van der Waals surface area contributed by atoms with Crippen LogP contribution in [0.1, 0.15) is 22.5 Å². The van der Waals surface area contributed by atoms with Gasteiger partial charge < -0.3 is 20.3 Å². The Morgan fingerprint density at radius 3 is 2.56 bits per heavy atom. The van der Waals surface area contributed by atoms with Gasteiger partial charge in [-0.2, -0.15) is 0 Å². The lowest BCUT2D eigenvalue weighted by molar-refractivity contribution is -0.136. The lowest BCUT2D eigenvalue weighted by Crippen LogP contribution is -2.04. The highest BCUT2D eigenvalue weighted by atomic mass is 16.4. The van der Waals surface area contributed by atoms with Crippen molar-refractivity contribution in [2.75, 3.05) is 0 Å². The molecule has 4 N–H and O–H groups in total. The van der Waals surface area contributed by atoms with E-state index in [-0.39, 0.29) is 24.3 Å². The number of benzene rings is 1.